The minimum atomic E-state index is -0.878. The molecule has 2 aliphatic rings. The Balaban J connectivity index is 2.08. The molecule has 2 aromatic carbocycles. The first-order valence-electron chi connectivity index (χ1n) is 6.49. The molecule has 0 unspecified atom stereocenters. The Labute approximate surface area is 114 Å². The third-order valence-electron chi connectivity index (χ3n) is 3.83. The standard InChI is InChI=1S/C17H11NO2/c19-17(20)11-6-7-12-10(9-11)5-8-14-13-3-1-2-4-15(13)18-16(12)14/h1-6,8-9H,7H2,(H,19,20). The van der Waals surface area contributed by atoms with Crippen molar-refractivity contribution in [3.63, 3.8) is 0 Å². The van der Waals surface area contributed by atoms with Gasteiger partial charge in [0.25, 0.3) is 0 Å². The van der Waals surface area contributed by atoms with Gasteiger partial charge in [-0.3, -0.25) is 0 Å². The van der Waals surface area contributed by atoms with E-state index < -0.39 is 5.97 Å². The van der Waals surface area contributed by atoms with E-state index in [1.165, 1.54) is 0 Å². The number of carboxylic acid groups (broad SMARTS) is 1. The summed E-state index contributed by atoms with van der Waals surface area (Å²) in [5.74, 6) is -0.878. The minimum absolute atomic E-state index is 0.355. The summed E-state index contributed by atoms with van der Waals surface area (Å²) in [4.78, 5) is 15.8. The van der Waals surface area contributed by atoms with Gasteiger partial charge in [-0.2, -0.15) is 0 Å². The first-order valence-corrected chi connectivity index (χ1v) is 6.49. The third-order valence-corrected chi connectivity index (χ3v) is 3.83. The van der Waals surface area contributed by atoms with Crippen molar-refractivity contribution in [2.75, 3.05) is 0 Å². The Morgan fingerprint density at radius 3 is 2.80 bits per heavy atom. The molecule has 1 N–H and O–H groups in total. The third kappa shape index (κ3) is 1.46. The number of fused-ring (bicyclic) bond motifs is 4. The van der Waals surface area contributed by atoms with Crippen LogP contribution in [-0.2, 0) is 11.2 Å². The Morgan fingerprint density at radius 1 is 1.10 bits per heavy atom. The lowest BCUT2D eigenvalue weighted by molar-refractivity contribution is -0.132. The van der Waals surface area contributed by atoms with Crippen LogP contribution in [0.3, 0.4) is 0 Å². The van der Waals surface area contributed by atoms with Crippen molar-refractivity contribution in [1.29, 1.82) is 0 Å². The SMILES string of the molecule is O=C(O)C1=CCc2c3c(ccc2=C1)=c1ccccc1=N3. The second-order valence-corrected chi connectivity index (χ2v) is 4.97. The summed E-state index contributed by atoms with van der Waals surface area (Å²) in [7, 11) is 0. The van der Waals surface area contributed by atoms with Crippen LogP contribution in [0.25, 0.3) is 6.08 Å². The summed E-state index contributed by atoms with van der Waals surface area (Å²) in [5, 5.41) is 13.3. The lowest BCUT2D eigenvalue weighted by Gasteiger charge is -2.09. The molecular weight excluding hydrogens is 250 g/mol. The molecule has 3 nitrogen and oxygen atoms in total. The fourth-order valence-electron chi connectivity index (χ4n) is 2.85. The van der Waals surface area contributed by atoms with E-state index in [2.05, 4.69) is 6.07 Å². The summed E-state index contributed by atoms with van der Waals surface area (Å²) in [5.41, 5.74) is 2.46. The fourth-order valence-corrected chi connectivity index (χ4v) is 2.85. The topological polar surface area (TPSA) is 49.7 Å². The number of para-hydroxylation sites is 1. The van der Waals surface area contributed by atoms with Crippen molar-refractivity contribution >= 4 is 17.7 Å². The quantitative estimate of drug-likeness (QED) is 0.723. The molecule has 4 rings (SSSR count). The second kappa shape index (κ2) is 3.90. The van der Waals surface area contributed by atoms with E-state index in [4.69, 9.17) is 10.1 Å². The van der Waals surface area contributed by atoms with E-state index in [9.17, 15) is 4.79 Å². The average molecular weight is 261 g/mol. The van der Waals surface area contributed by atoms with Crippen molar-refractivity contribution in [2.24, 2.45) is 4.99 Å². The Hall–Kier alpha value is -2.68. The molecule has 20 heavy (non-hydrogen) atoms. The van der Waals surface area contributed by atoms with Crippen LogP contribution in [0.15, 0.2) is 53.0 Å². The molecule has 0 fully saturated rings. The molecule has 2 aromatic rings. The number of nitrogens with zero attached hydrogens (tertiary/aromatic N) is 1. The number of carboxylic acids is 1. The van der Waals surface area contributed by atoms with Gasteiger partial charge in [0.05, 0.1) is 16.6 Å². The highest BCUT2D eigenvalue weighted by molar-refractivity contribution is 5.96. The Bertz CT molecular complexity index is 1000. The smallest absolute Gasteiger partial charge is 0.335 e. The first-order chi connectivity index (χ1) is 9.74. The van der Waals surface area contributed by atoms with Crippen LogP contribution >= 0.6 is 0 Å². The van der Waals surface area contributed by atoms with Gasteiger partial charge in [-0.05, 0) is 29.3 Å². The first kappa shape index (κ1) is 11.2. The molecule has 0 atom stereocenters. The van der Waals surface area contributed by atoms with E-state index in [0.29, 0.717) is 12.0 Å². The predicted molar refractivity (Wildman–Crippen MR) is 74.9 cm³/mol. The van der Waals surface area contributed by atoms with Crippen LogP contribution in [0, 0.1) is 10.4 Å². The van der Waals surface area contributed by atoms with Gasteiger partial charge >= 0.3 is 5.97 Å². The molecular formula is C17H11NO2. The molecule has 0 aromatic heterocycles. The van der Waals surface area contributed by atoms with Gasteiger partial charge in [0.1, 0.15) is 0 Å². The van der Waals surface area contributed by atoms with Gasteiger partial charge in [-0.25, -0.2) is 9.79 Å². The number of benzene rings is 2. The summed E-state index contributed by atoms with van der Waals surface area (Å²) in [6, 6.07) is 12.1. The zero-order valence-electron chi connectivity index (χ0n) is 10.6. The highest BCUT2D eigenvalue weighted by Crippen LogP contribution is 2.23. The van der Waals surface area contributed by atoms with Crippen LogP contribution < -0.4 is 10.6 Å². The van der Waals surface area contributed by atoms with E-state index in [0.717, 1.165) is 32.3 Å². The zero-order valence-corrected chi connectivity index (χ0v) is 10.6. The summed E-state index contributed by atoms with van der Waals surface area (Å²) in [6.07, 6.45) is 4.09. The van der Waals surface area contributed by atoms with Crippen LogP contribution in [0.5, 0.6) is 0 Å². The van der Waals surface area contributed by atoms with Crippen LogP contribution in [-0.4, -0.2) is 11.1 Å². The minimum Gasteiger partial charge on any atom is -0.478 e. The number of carbonyl (C=O) groups is 1. The van der Waals surface area contributed by atoms with Crippen molar-refractivity contribution in [3.05, 3.63) is 74.6 Å². The van der Waals surface area contributed by atoms with Gasteiger partial charge in [-0.1, -0.05) is 36.4 Å². The highest BCUT2D eigenvalue weighted by Gasteiger charge is 2.15. The monoisotopic (exact) mass is 261 g/mol. The molecule has 0 saturated carbocycles. The number of hydrogen-bond donors (Lipinski definition) is 1. The molecule has 1 heterocycles. The lowest BCUT2D eigenvalue weighted by Crippen LogP contribution is -2.15. The van der Waals surface area contributed by atoms with E-state index in [1.54, 1.807) is 12.2 Å². The van der Waals surface area contributed by atoms with Gasteiger partial charge in [0.15, 0.2) is 0 Å². The van der Waals surface area contributed by atoms with Gasteiger partial charge in [-0.15, -0.1) is 0 Å². The normalized spacial score (nSPS) is 14.3. The van der Waals surface area contributed by atoms with E-state index in [-0.39, 0.29) is 0 Å². The van der Waals surface area contributed by atoms with Crippen molar-refractivity contribution in [3.8, 4) is 0 Å². The Morgan fingerprint density at radius 2 is 1.95 bits per heavy atom. The summed E-state index contributed by atoms with van der Waals surface area (Å²) >= 11 is 0. The number of aliphatic carboxylic acids is 1. The van der Waals surface area contributed by atoms with E-state index >= 15 is 0 Å². The maximum Gasteiger partial charge on any atom is 0.335 e. The second-order valence-electron chi connectivity index (χ2n) is 4.97. The maximum absolute atomic E-state index is 11.1. The fraction of sp³-hybridized carbons (Fsp3) is 0.0588. The highest BCUT2D eigenvalue weighted by atomic mass is 16.4. The molecule has 1 aliphatic heterocycles. The number of allylic oxidation sites excluding steroid dienone is 1. The van der Waals surface area contributed by atoms with Crippen molar-refractivity contribution in [1.82, 2.24) is 0 Å². The van der Waals surface area contributed by atoms with Gasteiger partial charge in [0, 0.05) is 10.4 Å². The summed E-state index contributed by atoms with van der Waals surface area (Å²) in [6.45, 7) is 0. The van der Waals surface area contributed by atoms with Gasteiger partial charge in [0.2, 0.25) is 0 Å². The molecule has 0 spiro atoms. The molecule has 3 heteroatoms. The molecule has 1 aliphatic carbocycles. The molecule has 0 amide bonds. The number of hydrogen-bond acceptors (Lipinski definition) is 2. The maximum atomic E-state index is 11.1. The van der Waals surface area contributed by atoms with E-state index in [1.807, 2.05) is 30.3 Å². The molecule has 0 radical (unpaired) electrons. The van der Waals surface area contributed by atoms with Crippen LogP contribution in [0.1, 0.15) is 5.56 Å². The van der Waals surface area contributed by atoms with Gasteiger partial charge < -0.3 is 5.11 Å². The molecule has 0 saturated heterocycles. The van der Waals surface area contributed by atoms with Crippen LogP contribution in [0.2, 0.25) is 0 Å². The predicted octanol–water partition coefficient (Wildman–Crippen LogP) is 1.59. The Kier molecular flexibility index (Phi) is 2.18. The van der Waals surface area contributed by atoms with Crippen molar-refractivity contribution in [2.45, 2.75) is 6.42 Å². The average Bonchev–Trinajstić information content (AvgIpc) is 2.85. The van der Waals surface area contributed by atoms with Crippen LogP contribution in [0.4, 0.5) is 5.69 Å². The largest absolute Gasteiger partial charge is 0.478 e. The summed E-state index contributed by atoms with van der Waals surface area (Å²) < 4.78 is 0. The lowest BCUT2D eigenvalue weighted by atomic mass is 9.97. The zero-order chi connectivity index (χ0) is 13.7. The number of rotatable bonds is 1. The van der Waals surface area contributed by atoms with Crippen molar-refractivity contribution < 1.29 is 9.90 Å². The molecule has 96 valence electrons. The molecule has 0 bridgehead atoms.